The Morgan fingerprint density at radius 3 is 0.618 bits per heavy atom. The second-order valence-corrected chi connectivity index (χ2v) is 35.2. The van der Waals surface area contributed by atoms with Gasteiger partial charge in [-0.2, -0.15) is 0 Å². The smallest absolute Gasteiger partial charge is 0.394 e. The topological polar surface area (TPSA) is 236 Å². The number of quaternary nitrogens is 1. The first-order valence-electron chi connectivity index (χ1n) is 43.9. The van der Waals surface area contributed by atoms with Crippen LogP contribution in [0.5, 0.6) is 0 Å². The zero-order valence-electron chi connectivity index (χ0n) is 68.2. The molecule has 608 valence electrons. The van der Waals surface area contributed by atoms with E-state index in [-0.39, 0.29) is 43.0 Å². The van der Waals surface area contributed by atoms with Crippen molar-refractivity contribution >= 4 is 26.5 Å². The monoisotopic (exact) mass is 1470 g/mol. The van der Waals surface area contributed by atoms with Crippen molar-refractivity contribution in [1.29, 1.82) is 0 Å². The molecule has 16 nitrogen and oxygen atoms in total. The van der Waals surface area contributed by atoms with Gasteiger partial charge in [-0.25, -0.2) is 0 Å². The zero-order chi connectivity index (χ0) is 75.1. The van der Waals surface area contributed by atoms with Crippen molar-refractivity contribution in [3.8, 4) is 0 Å². The van der Waals surface area contributed by atoms with E-state index in [1.165, 1.54) is 276 Å². The lowest BCUT2D eigenvalue weighted by Gasteiger charge is -2.41. The van der Waals surface area contributed by atoms with E-state index in [0.717, 1.165) is 77.2 Å². The number of carbonyl (C=O) groups excluding carboxylic acids is 3. The van der Waals surface area contributed by atoms with Gasteiger partial charge in [0.1, 0.15) is 16.6 Å². The Kier molecular flexibility index (Phi) is 69.6. The lowest BCUT2D eigenvalue weighted by Crippen LogP contribution is -2.64. The van der Waals surface area contributed by atoms with Gasteiger partial charge in [0.2, 0.25) is 17.7 Å². The first kappa shape index (κ1) is 100. The highest BCUT2D eigenvalue weighted by atomic mass is 28.4. The van der Waals surface area contributed by atoms with E-state index < -0.39 is 84.9 Å². The predicted octanol–water partition coefficient (Wildman–Crippen LogP) is 19.4. The number of hydrogen-bond donors (Lipinski definition) is 9. The van der Waals surface area contributed by atoms with E-state index in [1.807, 2.05) is 0 Å². The van der Waals surface area contributed by atoms with Gasteiger partial charge < -0.3 is 64.4 Å². The molecule has 17 heteroatoms. The SMILES string of the molecule is CCCCCCCCCCCCCCCCCCCC[N+](C)(C)CCC[Si](OCC(CO)(CO)NC(=O)CCCCCCCCCCCCCCC)(OCC(CO)(CO)NC(=O)CCCCCCCCCCCCCCC)OCC(CO)(CO)NC(=O)CCCCCCCCCCCCCCC. The van der Waals surface area contributed by atoms with Gasteiger partial charge in [0.15, 0.2) is 0 Å². The number of aliphatic hydroxyl groups is 6. The second-order valence-electron chi connectivity index (χ2n) is 32.5. The van der Waals surface area contributed by atoms with Crippen LogP contribution in [0, 0.1) is 0 Å². The second kappa shape index (κ2) is 70.9. The highest BCUT2D eigenvalue weighted by Gasteiger charge is 2.49. The summed E-state index contributed by atoms with van der Waals surface area (Å²) in [6.45, 7) is 5.03. The Hall–Kier alpha value is -1.77. The Bertz CT molecular complexity index is 1670. The Morgan fingerprint density at radius 2 is 0.431 bits per heavy atom. The molecule has 0 rings (SSSR count). The molecule has 0 aliphatic heterocycles. The fraction of sp³-hybridized carbons (Fsp3) is 0.965. The van der Waals surface area contributed by atoms with E-state index in [1.54, 1.807) is 0 Å². The average molecular weight is 1470 g/mol. The van der Waals surface area contributed by atoms with Crippen molar-refractivity contribution in [2.24, 2.45) is 0 Å². The summed E-state index contributed by atoms with van der Waals surface area (Å²) in [6, 6.07) is 0.118. The van der Waals surface area contributed by atoms with E-state index in [0.29, 0.717) is 36.7 Å². The number of nitrogens with one attached hydrogen (secondary N) is 3. The van der Waals surface area contributed by atoms with Crippen molar-refractivity contribution in [2.75, 3.05) is 86.6 Å². The molecule has 0 saturated carbocycles. The molecule has 0 atom stereocenters. The summed E-state index contributed by atoms with van der Waals surface area (Å²) in [5.41, 5.74) is -5.08. The summed E-state index contributed by atoms with van der Waals surface area (Å²) in [5.74, 6) is -1.06. The number of unbranched alkanes of at least 4 members (excludes halogenated alkanes) is 53. The molecule has 0 aromatic carbocycles. The van der Waals surface area contributed by atoms with Crippen LogP contribution in [0.25, 0.3) is 0 Å². The van der Waals surface area contributed by atoms with Gasteiger partial charge in [0.25, 0.3) is 0 Å². The third-order valence-electron chi connectivity index (χ3n) is 21.6. The molecule has 0 radical (unpaired) electrons. The van der Waals surface area contributed by atoms with Crippen LogP contribution in [0.4, 0.5) is 0 Å². The maximum atomic E-state index is 13.8. The van der Waals surface area contributed by atoms with Crippen LogP contribution < -0.4 is 16.0 Å². The van der Waals surface area contributed by atoms with E-state index in [4.69, 9.17) is 13.3 Å². The van der Waals surface area contributed by atoms with Crippen LogP contribution >= 0.6 is 0 Å². The van der Waals surface area contributed by atoms with Crippen molar-refractivity contribution in [2.45, 2.75) is 442 Å². The molecule has 0 aliphatic rings. The first-order chi connectivity index (χ1) is 49.6. The lowest BCUT2D eigenvalue weighted by atomic mass is 10.0. The molecule has 3 amide bonds. The normalized spacial score (nSPS) is 12.5. The van der Waals surface area contributed by atoms with Crippen molar-refractivity contribution in [3.63, 3.8) is 0 Å². The molecular formula is C85H173N4O12Si+. The van der Waals surface area contributed by atoms with E-state index >= 15 is 0 Å². The van der Waals surface area contributed by atoms with Crippen molar-refractivity contribution in [1.82, 2.24) is 16.0 Å². The summed E-state index contributed by atoms with van der Waals surface area (Å²) in [4.78, 5) is 41.4. The standard InChI is InChI=1S/C85H172N4O12Si/c1-7-11-15-19-23-27-31-35-36-37-38-39-43-47-51-55-59-63-68-89(5,6)69-64-70-102(99-77-83(71-90,72-91)86-80(96)65-60-56-52-48-44-40-32-28-24-20-16-12-8-2,100-78-84(73-92,74-93)87-81(97)66-61-57-53-49-45-41-33-29-25-21-17-13-9-3)101-79-85(75-94,76-95)88-82(98)67-62-58-54-50-46-42-34-30-26-22-18-14-10-4/h90-95H,7-79H2,1-6H3,(H2-,86,87,88,96,97,98)/p+1. The average Bonchev–Trinajstić information content (AvgIpc) is 0.830. The van der Waals surface area contributed by atoms with Crippen LogP contribution in [0.15, 0.2) is 0 Å². The number of aliphatic hydroxyl groups excluding tert-OH is 6. The molecule has 0 aliphatic carbocycles. The van der Waals surface area contributed by atoms with E-state index in [9.17, 15) is 45.0 Å². The summed E-state index contributed by atoms with van der Waals surface area (Å²) < 4.78 is 21.4. The maximum Gasteiger partial charge on any atom is 0.501 e. The van der Waals surface area contributed by atoms with Gasteiger partial charge in [-0.15, -0.1) is 0 Å². The van der Waals surface area contributed by atoms with Crippen molar-refractivity contribution < 1.29 is 62.8 Å². The Balaban J connectivity index is 6.59. The van der Waals surface area contributed by atoms with E-state index in [2.05, 4.69) is 57.7 Å². The molecule has 0 saturated heterocycles. The molecule has 0 bridgehead atoms. The molecule has 0 heterocycles. The molecular weight excluding hydrogens is 1300 g/mol. The van der Waals surface area contributed by atoms with Gasteiger partial charge in [-0.05, 0) is 32.1 Å². The molecule has 0 fully saturated rings. The summed E-state index contributed by atoms with van der Waals surface area (Å²) in [7, 11) is 0.0208. The van der Waals surface area contributed by atoms with Gasteiger partial charge in [-0.1, -0.05) is 362 Å². The molecule has 0 unspecified atom stereocenters. The number of hydrogen-bond acceptors (Lipinski definition) is 12. The fourth-order valence-corrected chi connectivity index (χ4v) is 16.9. The van der Waals surface area contributed by atoms with Crippen LogP contribution in [0.3, 0.4) is 0 Å². The minimum absolute atomic E-state index is 0.118. The first-order valence-corrected chi connectivity index (χ1v) is 45.9. The Morgan fingerprint density at radius 1 is 0.265 bits per heavy atom. The minimum Gasteiger partial charge on any atom is -0.394 e. The predicted molar refractivity (Wildman–Crippen MR) is 430 cm³/mol. The van der Waals surface area contributed by atoms with Gasteiger partial charge in [0, 0.05) is 31.7 Å². The molecule has 0 aromatic heterocycles. The Labute approximate surface area is 630 Å². The lowest BCUT2D eigenvalue weighted by molar-refractivity contribution is -0.890. The van der Waals surface area contributed by atoms with Crippen LogP contribution in [-0.2, 0) is 27.7 Å². The van der Waals surface area contributed by atoms with Gasteiger partial charge >= 0.3 is 8.80 Å². The number of carbonyl (C=O) groups is 3. The molecule has 0 spiro atoms. The largest absolute Gasteiger partial charge is 0.501 e. The minimum atomic E-state index is -4.37. The molecule has 0 aromatic rings. The van der Waals surface area contributed by atoms with Crippen LogP contribution in [0.1, 0.15) is 419 Å². The summed E-state index contributed by atoms with van der Waals surface area (Å²) in [6.07, 6.45) is 70.0. The molecule has 9 N–H and O–H groups in total. The zero-order valence-corrected chi connectivity index (χ0v) is 69.2. The summed E-state index contributed by atoms with van der Waals surface area (Å²) in [5, 5.41) is 75.6. The number of nitrogens with zero attached hydrogens (tertiary/aromatic N) is 1. The van der Waals surface area contributed by atoms with Crippen LogP contribution in [0.2, 0.25) is 6.04 Å². The number of rotatable bonds is 83. The quantitative estimate of drug-likeness (QED) is 0.0157. The highest BCUT2D eigenvalue weighted by molar-refractivity contribution is 6.60. The van der Waals surface area contributed by atoms with Crippen molar-refractivity contribution in [3.05, 3.63) is 0 Å². The third-order valence-corrected chi connectivity index (χ3v) is 24.3. The van der Waals surface area contributed by atoms with Crippen LogP contribution in [-0.4, -0.2) is 165 Å². The third kappa shape index (κ3) is 58.3. The van der Waals surface area contributed by atoms with Gasteiger partial charge in [-0.3, -0.25) is 14.4 Å². The number of amides is 3. The molecule has 102 heavy (non-hydrogen) atoms. The fourth-order valence-electron chi connectivity index (χ4n) is 14.1. The highest BCUT2D eigenvalue weighted by Crippen LogP contribution is 2.27. The maximum absolute atomic E-state index is 13.8. The van der Waals surface area contributed by atoms with Gasteiger partial charge in [0.05, 0.1) is 86.6 Å². The summed E-state index contributed by atoms with van der Waals surface area (Å²) >= 11 is 0.